The van der Waals surface area contributed by atoms with E-state index >= 15 is 0 Å². The van der Waals surface area contributed by atoms with Crippen molar-refractivity contribution in [1.29, 1.82) is 0 Å². The summed E-state index contributed by atoms with van der Waals surface area (Å²) >= 11 is 0. The molecule has 0 fully saturated rings. The maximum absolute atomic E-state index is 12.9. The van der Waals surface area contributed by atoms with Crippen LogP contribution < -0.4 is 11.1 Å². The number of halogens is 1. The van der Waals surface area contributed by atoms with Crippen LogP contribution in [0.4, 0.5) is 15.8 Å². The summed E-state index contributed by atoms with van der Waals surface area (Å²) in [7, 11) is 0. The topological polar surface area (TPSA) is 38.0 Å². The molecular formula is C11H17FN2. The lowest BCUT2D eigenvalue weighted by atomic mass is 10.1. The van der Waals surface area contributed by atoms with E-state index in [0.717, 1.165) is 18.7 Å². The molecule has 0 amide bonds. The highest BCUT2D eigenvalue weighted by Crippen LogP contribution is 2.15. The zero-order chi connectivity index (χ0) is 10.6. The fraction of sp³-hybridized carbons (Fsp3) is 0.455. The van der Waals surface area contributed by atoms with E-state index in [9.17, 15) is 4.39 Å². The second-order valence-corrected chi connectivity index (χ2v) is 3.88. The summed E-state index contributed by atoms with van der Waals surface area (Å²) in [5.41, 5.74) is 6.72. The van der Waals surface area contributed by atoms with E-state index in [1.807, 2.05) is 0 Å². The van der Waals surface area contributed by atoms with Gasteiger partial charge in [-0.1, -0.05) is 13.8 Å². The molecule has 0 aliphatic rings. The molecule has 0 aliphatic heterocycles. The van der Waals surface area contributed by atoms with Gasteiger partial charge in [0.1, 0.15) is 5.82 Å². The Morgan fingerprint density at radius 3 is 2.64 bits per heavy atom. The Bertz CT molecular complexity index is 277. The lowest BCUT2D eigenvalue weighted by Crippen LogP contribution is -2.05. The molecule has 0 heterocycles. The van der Waals surface area contributed by atoms with Crippen molar-refractivity contribution in [2.24, 2.45) is 5.92 Å². The van der Waals surface area contributed by atoms with Crippen LogP contribution in [0.3, 0.4) is 0 Å². The summed E-state index contributed by atoms with van der Waals surface area (Å²) in [6.45, 7) is 5.16. The average molecular weight is 196 g/mol. The van der Waals surface area contributed by atoms with Gasteiger partial charge in [0.25, 0.3) is 0 Å². The van der Waals surface area contributed by atoms with Gasteiger partial charge in [0, 0.05) is 17.9 Å². The maximum atomic E-state index is 12.9. The molecule has 0 spiro atoms. The fourth-order valence-corrected chi connectivity index (χ4v) is 1.22. The summed E-state index contributed by atoms with van der Waals surface area (Å²) < 4.78 is 12.9. The van der Waals surface area contributed by atoms with Crippen molar-refractivity contribution >= 4 is 11.4 Å². The zero-order valence-corrected chi connectivity index (χ0v) is 8.68. The number of rotatable bonds is 4. The van der Waals surface area contributed by atoms with Gasteiger partial charge in [-0.05, 0) is 30.5 Å². The molecule has 1 aromatic carbocycles. The van der Waals surface area contributed by atoms with E-state index in [4.69, 9.17) is 5.73 Å². The summed E-state index contributed by atoms with van der Waals surface area (Å²) in [6, 6.07) is 4.51. The Kier molecular flexibility index (Phi) is 3.74. The Labute approximate surface area is 84.3 Å². The van der Waals surface area contributed by atoms with Crippen molar-refractivity contribution < 1.29 is 4.39 Å². The predicted molar refractivity (Wildman–Crippen MR) is 58.8 cm³/mol. The Hall–Kier alpha value is -1.25. The van der Waals surface area contributed by atoms with E-state index in [-0.39, 0.29) is 5.82 Å². The Balaban J connectivity index is 2.50. The average Bonchev–Trinajstić information content (AvgIpc) is 2.01. The molecular weight excluding hydrogens is 179 g/mol. The predicted octanol–water partition coefficient (Wildman–Crippen LogP) is 2.87. The summed E-state index contributed by atoms with van der Waals surface area (Å²) in [6.07, 6.45) is 1.07. The van der Waals surface area contributed by atoms with Crippen LogP contribution in [-0.4, -0.2) is 6.54 Å². The molecule has 1 rings (SSSR count). The first kappa shape index (κ1) is 10.8. The third kappa shape index (κ3) is 3.64. The molecule has 0 unspecified atom stereocenters. The molecule has 0 aromatic heterocycles. The lowest BCUT2D eigenvalue weighted by Gasteiger charge is -2.08. The second-order valence-electron chi connectivity index (χ2n) is 3.88. The van der Waals surface area contributed by atoms with Crippen LogP contribution in [0, 0.1) is 11.7 Å². The van der Waals surface area contributed by atoms with Crippen molar-refractivity contribution in [1.82, 2.24) is 0 Å². The third-order valence-corrected chi connectivity index (χ3v) is 1.97. The summed E-state index contributed by atoms with van der Waals surface area (Å²) in [5, 5.41) is 3.14. The van der Waals surface area contributed by atoms with Crippen LogP contribution in [0.1, 0.15) is 20.3 Å². The van der Waals surface area contributed by atoms with Crippen molar-refractivity contribution in [2.75, 3.05) is 17.6 Å². The van der Waals surface area contributed by atoms with Gasteiger partial charge in [-0.2, -0.15) is 0 Å². The van der Waals surface area contributed by atoms with Crippen LogP contribution in [0.25, 0.3) is 0 Å². The molecule has 0 saturated heterocycles. The van der Waals surface area contributed by atoms with Crippen molar-refractivity contribution in [3.8, 4) is 0 Å². The number of nitrogen functional groups attached to an aromatic ring is 1. The van der Waals surface area contributed by atoms with Gasteiger partial charge >= 0.3 is 0 Å². The Morgan fingerprint density at radius 2 is 2.07 bits per heavy atom. The summed E-state index contributed by atoms with van der Waals surface area (Å²) in [4.78, 5) is 0. The molecule has 0 radical (unpaired) electrons. The minimum absolute atomic E-state index is 0.294. The molecule has 3 heteroatoms. The highest BCUT2D eigenvalue weighted by Gasteiger charge is 1.98. The molecule has 1 aromatic rings. The van der Waals surface area contributed by atoms with E-state index < -0.39 is 0 Å². The first-order chi connectivity index (χ1) is 6.58. The van der Waals surface area contributed by atoms with Gasteiger partial charge in [0.15, 0.2) is 0 Å². The van der Waals surface area contributed by atoms with Crippen LogP contribution in [0.2, 0.25) is 0 Å². The van der Waals surface area contributed by atoms with Crippen LogP contribution in [0.5, 0.6) is 0 Å². The normalized spacial score (nSPS) is 10.6. The lowest BCUT2D eigenvalue weighted by molar-refractivity contribution is 0.606. The molecule has 0 saturated carbocycles. The number of anilines is 2. The van der Waals surface area contributed by atoms with Crippen LogP contribution in [-0.2, 0) is 0 Å². The highest BCUT2D eigenvalue weighted by atomic mass is 19.1. The fourth-order valence-electron chi connectivity index (χ4n) is 1.22. The van der Waals surface area contributed by atoms with Crippen molar-refractivity contribution in [3.63, 3.8) is 0 Å². The number of hydrogen-bond donors (Lipinski definition) is 2. The van der Waals surface area contributed by atoms with Gasteiger partial charge in [0.05, 0.1) is 0 Å². The summed E-state index contributed by atoms with van der Waals surface area (Å²) in [5.74, 6) is 0.352. The number of benzene rings is 1. The molecule has 2 nitrogen and oxygen atoms in total. The van der Waals surface area contributed by atoms with Gasteiger partial charge < -0.3 is 11.1 Å². The molecule has 78 valence electrons. The van der Waals surface area contributed by atoms with E-state index in [1.165, 1.54) is 12.1 Å². The standard InChI is InChI=1S/C11H17FN2/c1-8(2)3-4-14-11-6-9(12)5-10(13)7-11/h5-8,14H,3-4,13H2,1-2H3. The zero-order valence-electron chi connectivity index (χ0n) is 8.68. The molecule has 0 aliphatic carbocycles. The van der Waals surface area contributed by atoms with Gasteiger partial charge in [0.2, 0.25) is 0 Å². The minimum atomic E-state index is -0.294. The number of nitrogens with one attached hydrogen (secondary N) is 1. The second kappa shape index (κ2) is 4.84. The van der Waals surface area contributed by atoms with Crippen molar-refractivity contribution in [2.45, 2.75) is 20.3 Å². The minimum Gasteiger partial charge on any atom is -0.399 e. The number of nitrogens with two attached hydrogens (primary N) is 1. The van der Waals surface area contributed by atoms with Crippen LogP contribution in [0.15, 0.2) is 18.2 Å². The highest BCUT2D eigenvalue weighted by molar-refractivity contribution is 5.54. The first-order valence-corrected chi connectivity index (χ1v) is 4.88. The largest absolute Gasteiger partial charge is 0.399 e. The quantitative estimate of drug-likeness (QED) is 0.727. The molecule has 0 bridgehead atoms. The smallest absolute Gasteiger partial charge is 0.127 e. The van der Waals surface area contributed by atoms with Gasteiger partial charge in [-0.25, -0.2) is 4.39 Å². The third-order valence-electron chi connectivity index (χ3n) is 1.97. The van der Waals surface area contributed by atoms with Crippen LogP contribution >= 0.6 is 0 Å². The monoisotopic (exact) mass is 196 g/mol. The Morgan fingerprint density at radius 1 is 1.36 bits per heavy atom. The number of hydrogen-bond acceptors (Lipinski definition) is 2. The SMILES string of the molecule is CC(C)CCNc1cc(N)cc(F)c1. The van der Waals surface area contributed by atoms with E-state index in [0.29, 0.717) is 11.6 Å². The van der Waals surface area contributed by atoms with Crippen molar-refractivity contribution in [3.05, 3.63) is 24.0 Å². The van der Waals surface area contributed by atoms with E-state index in [1.54, 1.807) is 6.07 Å². The molecule has 14 heavy (non-hydrogen) atoms. The van der Waals surface area contributed by atoms with Gasteiger partial charge in [-0.15, -0.1) is 0 Å². The van der Waals surface area contributed by atoms with E-state index in [2.05, 4.69) is 19.2 Å². The first-order valence-electron chi connectivity index (χ1n) is 4.88. The van der Waals surface area contributed by atoms with Gasteiger partial charge in [-0.3, -0.25) is 0 Å². The molecule has 3 N–H and O–H groups in total. The maximum Gasteiger partial charge on any atom is 0.127 e. The molecule has 0 atom stereocenters.